The lowest BCUT2D eigenvalue weighted by Crippen LogP contribution is -2.31. The zero-order valence-corrected chi connectivity index (χ0v) is 12.4. The van der Waals surface area contributed by atoms with E-state index in [4.69, 9.17) is 5.73 Å². The van der Waals surface area contributed by atoms with Gasteiger partial charge in [0.1, 0.15) is 5.69 Å². The van der Waals surface area contributed by atoms with E-state index in [1.165, 1.54) is 0 Å². The van der Waals surface area contributed by atoms with Crippen molar-refractivity contribution in [2.24, 2.45) is 7.05 Å². The maximum atomic E-state index is 11.9. The van der Waals surface area contributed by atoms with Gasteiger partial charge in [-0.3, -0.25) is 4.79 Å². The molecule has 0 unspecified atom stereocenters. The summed E-state index contributed by atoms with van der Waals surface area (Å²) >= 11 is 2.17. The molecule has 7 heteroatoms. The van der Waals surface area contributed by atoms with Gasteiger partial charge in [0.25, 0.3) is 5.91 Å². The van der Waals surface area contributed by atoms with E-state index < -0.39 is 0 Å². The molecule has 0 fully saturated rings. The number of nitrogens with zero attached hydrogens (tertiary/aromatic N) is 3. The topological polar surface area (TPSA) is 85.8 Å². The van der Waals surface area contributed by atoms with Crippen LogP contribution in [0.3, 0.4) is 0 Å². The summed E-state index contributed by atoms with van der Waals surface area (Å²) in [6.45, 7) is 0.673. The lowest BCUT2D eigenvalue weighted by molar-refractivity contribution is 0.0945. The number of hydrogen-bond donors (Lipinski definition) is 2. The molecule has 0 aromatic carbocycles. The summed E-state index contributed by atoms with van der Waals surface area (Å²) in [5.74, 6) is 0.208. The van der Waals surface area contributed by atoms with Crippen LogP contribution in [-0.4, -0.2) is 27.0 Å². The number of anilines is 1. The highest BCUT2D eigenvalue weighted by Crippen LogP contribution is 2.28. The van der Waals surface area contributed by atoms with Crippen LogP contribution in [-0.2, 0) is 13.5 Å². The molecular weight excluding hydrogens is 357 g/mol. The predicted molar refractivity (Wildman–Crippen MR) is 79.6 cm³/mol. The minimum absolute atomic E-state index is 0.0277. The standard InChI is InChI=1S/C12H12IN5O/c1-18-8-2-3-15-11(19)6(8)4-9(18)10-7(13)5-16-12(14)17-10/h4-5H,2-3H2,1H3,(H,15,19)(H2,14,16,17). The van der Waals surface area contributed by atoms with Crippen molar-refractivity contribution >= 4 is 34.4 Å². The normalized spacial score (nSPS) is 14.1. The van der Waals surface area contributed by atoms with Crippen molar-refractivity contribution < 1.29 is 4.79 Å². The molecule has 0 radical (unpaired) electrons. The first kappa shape index (κ1) is 12.4. The summed E-state index contributed by atoms with van der Waals surface area (Å²) in [5.41, 5.74) is 9.05. The van der Waals surface area contributed by atoms with Crippen LogP contribution in [0.4, 0.5) is 5.95 Å². The average molecular weight is 369 g/mol. The summed E-state index contributed by atoms with van der Waals surface area (Å²) in [6, 6.07) is 1.87. The molecule has 2 aromatic heterocycles. The Morgan fingerprint density at radius 1 is 1.53 bits per heavy atom. The summed E-state index contributed by atoms with van der Waals surface area (Å²) in [4.78, 5) is 20.1. The van der Waals surface area contributed by atoms with Crippen molar-refractivity contribution in [2.75, 3.05) is 12.3 Å². The number of aromatic nitrogens is 3. The van der Waals surface area contributed by atoms with E-state index in [0.717, 1.165) is 32.6 Å². The monoisotopic (exact) mass is 369 g/mol. The highest BCUT2D eigenvalue weighted by molar-refractivity contribution is 14.1. The zero-order valence-electron chi connectivity index (χ0n) is 10.3. The third-order valence-electron chi connectivity index (χ3n) is 3.26. The van der Waals surface area contributed by atoms with Crippen LogP contribution in [0.1, 0.15) is 16.1 Å². The molecule has 0 saturated carbocycles. The minimum atomic E-state index is -0.0277. The van der Waals surface area contributed by atoms with Crippen LogP contribution in [0.15, 0.2) is 12.3 Å². The molecular formula is C12H12IN5O. The van der Waals surface area contributed by atoms with Crippen LogP contribution in [0, 0.1) is 3.57 Å². The lowest BCUT2D eigenvalue weighted by Gasteiger charge is -2.14. The molecule has 3 N–H and O–H groups in total. The molecule has 0 spiro atoms. The highest BCUT2D eigenvalue weighted by atomic mass is 127. The van der Waals surface area contributed by atoms with Gasteiger partial charge < -0.3 is 15.6 Å². The molecule has 3 heterocycles. The van der Waals surface area contributed by atoms with Gasteiger partial charge in [0.2, 0.25) is 5.95 Å². The third-order valence-corrected chi connectivity index (χ3v) is 4.04. The minimum Gasteiger partial charge on any atom is -0.368 e. The van der Waals surface area contributed by atoms with Gasteiger partial charge in [-0.25, -0.2) is 9.97 Å². The number of carbonyl (C=O) groups is 1. The van der Waals surface area contributed by atoms with Crippen molar-refractivity contribution in [1.29, 1.82) is 0 Å². The van der Waals surface area contributed by atoms with E-state index in [1.54, 1.807) is 6.20 Å². The maximum Gasteiger partial charge on any atom is 0.253 e. The molecule has 0 bridgehead atoms. The molecule has 1 aliphatic heterocycles. The number of nitrogens with two attached hydrogens (primary N) is 1. The van der Waals surface area contributed by atoms with Crippen LogP contribution in [0.5, 0.6) is 0 Å². The van der Waals surface area contributed by atoms with Crippen molar-refractivity contribution in [3.63, 3.8) is 0 Å². The predicted octanol–water partition coefficient (Wildman–Crippen LogP) is 0.955. The molecule has 19 heavy (non-hydrogen) atoms. The van der Waals surface area contributed by atoms with Crippen molar-refractivity contribution in [3.8, 4) is 11.4 Å². The fraction of sp³-hybridized carbons (Fsp3) is 0.250. The number of halogens is 1. The fourth-order valence-corrected chi connectivity index (χ4v) is 2.86. The largest absolute Gasteiger partial charge is 0.368 e. The molecule has 6 nitrogen and oxygen atoms in total. The summed E-state index contributed by atoms with van der Waals surface area (Å²) in [7, 11) is 1.95. The van der Waals surface area contributed by atoms with E-state index in [0.29, 0.717) is 6.54 Å². The highest BCUT2D eigenvalue weighted by Gasteiger charge is 2.24. The Bertz CT molecular complexity index is 679. The Balaban J connectivity index is 2.21. The lowest BCUT2D eigenvalue weighted by atomic mass is 10.1. The van der Waals surface area contributed by atoms with Gasteiger partial charge in [-0.2, -0.15) is 0 Å². The number of hydrogen-bond acceptors (Lipinski definition) is 4. The second kappa shape index (κ2) is 4.48. The fourth-order valence-electron chi connectivity index (χ4n) is 2.32. The average Bonchev–Trinajstić information content (AvgIpc) is 2.72. The molecule has 0 aliphatic carbocycles. The Hall–Kier alpha value is -1.64. The van der Waals surface area contributed by atoms with Crippen LogP contribution in [0.25, 0.3) is 11.4 Å². The Morgan fingerprint density at radius 2 is 2.32 bits per heavy atom. The Morgan fingerprint density at radius 3 is 3.05 bits per heavy atom. The van der Waals surface area contributed by atoms with Crippen LogP contribution < -0.4 is 11.1 Å². The first-order valence-corrected chi connectivity index (χ1v) is 6.91. The Labute approximate surface area is 123 Å². The first-order chi connectivity index (χ1) is 9.08. The van der Waals surface area contributed by atoms with E-state index in [2.05, 4.69) is 37.9 Å². The smallest absolute Gasteiger partial charge is 0.253 e. The molecule has 3 rings (SSSR count). The molecule has 1 aliphatic rings. The van der Waals surface area contributed by atoms with Crippen molar-refractivity contribution in [2.45, 2.75) is 6.42 Å². The molecule has 0 atom stereocenters. The van der Waals surface area contributed by atoms with E-state index in [9.17, 15) is 4.79 Å². The number of fused-ring (bicyclic) bond motifs is 1. The van der Waals surface area contributed by atoms with Crippen LogP contribution >= 0.6 is 22.6 Å². The molecule has 1 amide bonds. The van der Waals surface area contributed by atoms with E-state index in [1.807, 2.05) is 17.7 Å². The van der Waals surface area contributed by atoms with Gasteiger partial charge in [0.15, 0.2) is 0 Å². The third kappa shape index (κ3) is 1.97. The number of carbonyl (C=O) groups excluding carboxylic acids is 1. The molecule has 98 valence electrons. The number of nitrogen functional groups attached to an aromatic ring is 1. The van der Waals surface area contributed by atoms with Gasteiger partial charge in [0.05, 0.1) is 14.8 Å². The quantitative estimate of drug-likeness (QED) is 0.734. The van der Waals surface area contributed by atoms with Crippen molar-refractivity contribution in [3.05, 3.63) is 27.1 Å². The Kier molecular flexibility index (Phi) is 2.92. The molecule has 0 saturated heterocycles. The second-order valence-electron chi connectivity index (χ2n) is 4.38. The van der Waals surface area contributed by atoms with Gasteiger partial charge in [-0.15, -0.1) is 0 Å². The maximum absolute atomic E-state index is 11.9. The van der Waals surface area contributed by atoms with Crippen LogP contribution in [0.2, 0.25) is 0 Å². The zero-order chi connectivity index (χ0) is 13.6. The van der Waals surface area contributed by atoms with Gasteiger partial charge >= 0.3 is 0 Å². The van der Waals surface area contributed by atoms with Crippen molar-refractivity contribution in [1.82, 2.24) is 19.9 Å². The number of amides is 1. The van der Waals surface area contributed by atoms with Gasteiger partial charge in [-0.05, 0) is 28.7 Å². The van der Waals surface area contributed by atoms with Gasteiger partial charge in [-0.1, -0.05) is 0 Å². The number of rotatable bonds is 1. The summed E-state index contributed by atoms with van der Waals surface area (Å²) in [5, 5.41) is 2.84. The summed E-state index contributed by atoms with van der Waals surface area (Å²) in [6.07, 6.45) is 2.51. The van der Waals surface area contributed by atoms with E-state index >= 15 is 0 Å². The SMILES string of the molecule is Cn1c(-c2nc(N)ncc2I)cc2c1CCNC2=O. The van der Waals surface area contributed by atoms with E-state index in [-0.39, 0.29) is 11.9 Å². The number of nitrogens with one attached hydrogen (secondary N) is 1. The first-order valence-electron chi connectivity index (χ1n) is 5.83. The van der Waals surface area contributed by atoms with Gasteiger partial charge in [0, 0.05) is 31.9 Å². The second-order valence-corrected chi connectivity index (χ2v) is 5.54. The molecule has 2 aromatic rings. The summed E-state index contributed by atoms with van der Waals surface area (Å²) < 4.78 is 2.92.